The van der Waals surface area contributed by atoms with Gasteiger partial charge in [0.2, 0.25) is 0 Å². The molecule has 0 aliphatic heterocycles. The van der Waals surface area contributed by atoms with Crippen molar-refractivity contribution in [1.82, 2.24) is 0 Å². The zero-order chi connectivity index (χ0) is 26.7. The first-order chi connectivity index (χ1) is 16.5. The van der Waals surface area contributed by atoms with Gasteiger partial charge in [0.25, 0.3) is 0 Å². The zero-order valence-corrected chi connectivity index (χ0v) is 25.1. The van der Waals surface area contributed by atoms with E-state index in [9.17, 15) is 14.4 Å². The minimum absolute atomic E-state index is 0.0918. The highest BCUT2D eigenvalue weighted by molar-refractivity contribution is 9.10. The third-order valence-corrected chi connectivity index (χ3v) is 13.7. The van der Waals surface area contributed by atoms with Crippen molar-refractivity contribution >= 4 is 33.5 Å². The van der Waals surface area contributed by atoms with Gasteiger partial charge in [0, 0.05) is 11.3 Å². The number of carbonyl (C=O) groups is 3. The molecule has 5 aliphatic rings. The molecule has 0 aromatic heterocycles. The predicted octanol–water partition coefficient (Wildman–Crippen LogP) is 7.08. The maximum Gasteiger partial charge on any atom is 0.311 e. The second-order valence-corrected chi connectivity index (χ2v) is 16.1. The molecule has 9 atom stereocenters. The lowest BCUT2D eigenvalue weighted by atomic mass is 9.33. The number of rotatable bonds is 1. The van der Waals surface area contributed by atoms with Crippen LogP contribution in [0.2, 0.25) is 0 Å². The summed E-state index contributed by atoms with van der Waals surface area (Å²) >= 11 is 3.73. The maximum absolute atomic E-state index is 14.4. The van der Waals surface area contributed by atoms with Crippen molar-refractivity contribution in [3.63, 3.8) is 0 Å². The molecular weight excluding hydrogens is 516 g/mol. The highest BCUT2D eigenvalue weighted by Crippen LogP contribution is 2.75. The molecule has 0 saturated heterocycles. The SMILES string of the molecule is COC(=O)[C@@]1(C)CC[C@]2(C)CC[C@]3(C)C(=CC(=O)[C@@H]4[C@@]5(C)C[C@H](Br)C(=O)C(C)(C)[C@H]5CC[C@]43C)[C@@H]2C1. The van der Waals surface area contributed by atoms with Crippen molar-refractivity contribution in [2.45, 2.75) is 105 Å². The number of Topliss-reactive ketones (excluding diaryl/α,β-unsaturated/α-hetero) is 1. The molecule has 5 rings (SSSR count). The van der Waals surface area contributed by atoms with E-state index < -0.39 is 10.8 Å². The Morgan fingerprint density at radius 3 is 2.22 bits per heavy atom. The lowest BCUT2D eigenvalue weighted by molar-refractivity contribution is -0.187. The van der Waals surface area contributed by atoms with Crippen molar-refractivity contribution < 1.29 is 19.1 Å². The number of ether oxygens (including phenoxy) is 1. The maximum atomic E-state index is 14.4. The van der Waals surface area contributed by atoms with Crippen LogP contribution in [0.5, 0.6) is 0 Å². The Labute approximate surface area is 225 Å². The van der Waals surface area contributed by atoms with E-state index in [1.807, 2.05) is 6.08 Å². The number of hydrogen-bond acceptors (Lipinski definition) is 4. The average Bonchev–Trinajstić information content (AvgIpc) is 2.79. The minimum atomic E-state index is -0.501. The third-order valence-electron chi connectivity index (χ3n) is 12.9. The zero-order valence-electron chi connectivity index (χ0n) is 23.6. The normalized spacial score (nSPS) is 51.8. The highest BCUT2D eigenvalue weighted by Gasteiger charge is 2.71. The van der Waals surface area contributed by atoms with Crippen LogP contribution in [0.4, 0.5) is 0 Å². The Bertz CT molecular complexity index is 1060. The van der Waals surface area contributed by atoms with Crippen molar-refractivity contribution in [1.29, 1.82) is 0 Å². The van der Waals surface area contributed by atoms with Crippen LogP contribution < -0.4 is 0 Å². The predicted molar refractivity (Wildman–Crippen MR) is 145 cm³/mol. The van der Waals surface area contributed by atoms with Gasteiger partial charge in [-0.05, 0) is 97.9 Å². The van der Waals surface area contributed by atoms with E-state index in [1.54, 1.807) is 0 Å². The van der Waals surface area contributed by atoms with Gasteiger partial charge in [-0.25, -0.2) is 0 Å². The van der Waals surface area contributed by atoms with Gasteiger partial charge in [-0.3, -0.25) is 14.4 Å². The minimum Gasteiger partial charge on any atom is -0.469 e. The topological polar surface area (TPSA) is 60.4 Å². The van der Waals surface area contributed by atoms with Crippen molar-refractivity contribution in [2.75, 3.05) is 7.11 Å². The largest absolute Gasteiger partial charge is 0.469 e. The molecule has 4 fully saturated rings. The monoisotopic (exact) mass is 560 g/mol. The van der Waals surface area contributed by atoms with E-state index in [2.05, 4.69) is 64.4 Å². The molecule has 5 aliphatic carbocycles. The van der Waals surface area contributed by atoms with Gasteiger partial charge in [0.15, 0.2) is 11.6 Å². The van der Waals surface area contributed by atoms with Crippen LogP contribution in [-0.4, -0.2) is 29.5 Å². The standard InChI is InChI=1S/C31H45BrO4/c1-26(2)22-9-10-31(7)23(29(22,5)17-20(32)24(26)34)21(33)15-18-19-16-28(4,25(35)36-8)12-11-27(19,3)13-14-30(18,31)6/h15,19-20,22-23H,9-14,16-17H2,1-8H3/t19-,20-,22+,23+,27+,28-,29-,30+,31+/m0/s1. The van der Waals surface area contributed by atoms with Crippen LogP contribution in [0.3, 0.4) is 0 Å². The van der Waals surface area contributed by atoms with E-state index in [0.29, 0.717) is 0 Å². The van der Waals surface area contributed by atoms with Crippen LogP contribution in [0.15, 0.2) is 11.6 Å². The first-order valence-electron chi connectivity index (χ1n) is 14.0. The fourth-order valence-corrected chi connectivity index (χ4v) is 11.8. The van der Waals surface area contributed by atoms with Gasteiger partial charge >= 0.3 is 5.97 Å². The summed E-state index contributed by atoms with van der Waals surface area (Å²) in [5.74, 6) is 0.764. The molecule has 0 spiro atoms. The number of carbonyl (C=O) groups excluding carboxylic acids is 3. The molecule has 0 heterocycles. The lowest BCUT2D eigenvalue weighted by Gasteiger charge is -2.70. The molecule has 0 amide bonds. The summed E-state index contributed by atoms with van der Waals surface area (Å²) < 4.78 is 5.25. The molecule has 200 valence electrons. The Hall–Kier alpha value is -0.970. The molecular formula is C31H45BrO4. The van der Waals surface area contributed by atoms with Gasteiger partial charge in [-0.1, -0.05) is 63.0 Å². The van der Waals surface area contributed by atoms with E-state index in [0.717, 1.165) is 51.4 Å². The smallest absolute Gasteiger partial charge is 0.311 e. The van der Waals surface area contributed by atoms with E-state index in [-0.39, 0.29) is 61.8 Å². The molecule has 36 heavy (non-hydrogen) atoms. The number of esters is 1. The molecule has 0 bridgehead atoms. The number of methoxy groups -OCH3 is 1. The molecule has 4 nitrogen and oxygen atoms in total. The Morgan fingerprint density at radius 1 is 0.944 bits per heavy atom. The van der Waals surface area contributed by atoms with Gasteiger partial charge in [-0.15, -0.1) is 0 Å². The van der Waals surface area contributed by atoms with Crippen LogP contribution >= 0.6 is 15.9 Å². The van der Waals surface area contributed by atoms with E-state index in [1.165, 1.54) is 12.7 Å². The van der Waals surface area contributed by atoms with Crippen molar-refractivity contribution in [3.05, 3.63) is 11.6 Å². The Kier molecular flexibility index (Phi) is 5.76. The summed E-state index contributed by atoms with van der Waals surface area (Å²) in [5, 5.41) is 0. The average molecular weight is 562 g/mol. The molecule has 4 saturated carbocycles. The number of hydrogen-bond donors (Lipinski definition) is 0. The lowest BCUT2D eigenvalue weighted by Crippen LogP contribution is -2.67. The van der Waals surface area contributed by atoms with Gasteiger partial charge in [-0.2, -0.15) is 0 Å². The summed E-state index contributed by atoms with van der Waals surface area (Å²) in [6.07, 6.45) is 9.54. The highest BCUT2D eigenvalue weighted by atomic mass is 79.9. The molecule has 0 aromatic rings. The van der Waals surface area contributed by atoms with Gasteiger partial charge in [0.05, 0.1) is 17.4 Å². The summed E-state index contributed by atoms with van der Waals surface area (Å²) in [6.45, 7) is 15.8. The Morgan fingerprint density at radius 2 is 1.58 bits per heavy atom. The summed E-state index contributed by atoms with van der Waals surface area (Å²) in [6, 6.07) is 0. The second kappa shape index (κ2) is 7.79. The second-order valence-electron chi connectivity index (χ2n) is 15.0. The summed E-state index contributed by atoms with van der Waals surface area (Å²) in [4.78, 5) is 40.2. The van der Waals surface area contributed by atoms with E-state index >= 15 is 0 Å². The quantitative estimate of drug-likeness (QED) is 0.254. The van der Waals surface area contributed by atoms with Crippen molar-refractivity contribution in [3.8, 4) is 0 Å². The fourth-order valence-electron chi connectivity index (χ4n) is 10.5. The summed E-state index contributed by atoms with van der Waals surface area (Å²) in [7, 11) is 1.49. The molecule has 5 heteroatoms. The first kappa shape index (κ1) is 26.6. The van der Waals surface area contributed by atoms with Gasteiger partial charge in [0.1, 0.15) is 0 Å². The third kappa shape index (κ3) is 3.13. The number of allylic oxidation sites excluding steroid dienone is 2. The number of fused-ring (bicyclic) bond motifs is 7. The van der Waals surface area contributed by atoms with Crippen LogP contribution in [-0.2, 0) is 19.1 Å². The van der Waals surface area contributed by atoms with Crippen LogP contribution in [0.25, 0.3) is 0 Å². The first-order valence-corrected chi connectivity index (χ1v) is 14.9. The molecule has 0 radical (unpaired) electrons. The van der Waals surface area contributed by atoms with E-state index in [4.69, 9.17) is 4.74 Å². The van der Waals surface area contributed by atoms with Gasteiger partial charge < -0.3 is 4.74 Å². The number of halogens is 1. The Balaban J connectivity index is 1.63. The number of alkyl halides is 1. The van der Waals surface area contributed by atoms with Crippen LogP contribution in [0.1, 0.15) is 99.8 Å². The number of ketones is 2. The molecule has 0 N–H and O–H groups in total. The molecule has 0 aromatic carbocycles. The molecule has 0 unspecified atom stereocenters. The fraction of sp³-hybridized carbons (Fsp3) is 0.839. The van der Waals surface area contributed by atoms with Crippen molar-refractivity contribution in [2.24, 2.45) is 50.2 Å². The summed E-state index contributed by atoms with van der Waals surface area (Å²) in [5.41, 5.74) is -0.00477. The van der Waals surface area contributed by atoms with Crippen LogP contribution in [0, 0.1) is 50.2 Å².